The smallest absolute Gasteiger partial charge is 0.269 e. The number of nitro groups is 1. The zero-order chi connectivity index (χ0) is 28.6. The Morgan fingerprint density at radius 1 is 1.00 bits per heavy atom. The van der Waals surface area contributed by atoms with Gasteiger partial charge in [0.1, 0.15) is 18.4 Å². The molecule has 3 rings (SSSR count). The third-order valence-corrected chi connectivity index (χ3v) is 7.73. The summed E-state index contributed by atoms with van der Waals surface area (Å²) < 4.78 is 41.6. The van der Waals surface area contributed by atoms with Crippen LogP contribution in [0.3, 0.4) is 0 Å². The molecule has 39 heavy (non-hydrogen) atoms. The van der Waals surface area contributed by atoms with Crippen molar-refractivity contribution in [1.29, 1.82) is 0 Å². The van der Waals surface area contributed by atoms with E-state index in [1.165, 1.54) is 72.5 Å². The average Bonchev–Trinajstić information content (AvgIpc) is 2.94. The van der Waals surface area contributed by atoms with Crippen LogP contribution in [0, 0.1) is 15.9 Å². The lowest BCUT2D eigenvalue weighted by molar-refractivity contribution is -0.384. The lowest BCUT2D eigenvalue weighted by atomic mass is 10.1. The van der Waals surface area contributed by atoms with Crippen molar-refractivity contribution in [3.8, 4) is 0 Å². The topological polar surface area (TPSA) is 130 Å². The molecule has 0 aliphatic carbocycles. The van der Waals surface area contributed by atoms with E-state index in [-0.39, 0.29) is 22.8 Å². The molecule has 0 spiro atoms. The molecular formula is C27H29FN4O6S. The van der Waals surface area contributed by atoms with Crippen LogP contribution in [0.1, 0.15) is 25.8 Å². The van der Waals surface area contributed by atoms with Gasteiger partial charge in [-0.2, -0.15) is 0 Å². The van der Waals surface area contributed by atoms with Crippen LogP contribution < -0.4 is 9.62 Å². The molecule has 0 heterocycles. The summed E-state index contributed by atoms with van der Waals surface area (Å²) in [6.07, 6.45) is 0.674. The zero-order valence-electron chi connectivity index (χ0n) is 21.5. The van der Waals surface area contributed by atoms with E-state index in [9.17, 15) is 32.5 Å². The fourth-order valence-electron chi connectivity index (χ4n) is 3.75. The predicted octanol–water partition coefficient (Wildman–Crippen LogP) is 3.87. The van der Waals surface area contributed by atoms with Gasteiger partial charge in [0.25, 0.3) is 15.7 Å². The minimum Gasteiger partial charge on any atom is -0.354 e. The molecule has 12 heteroatoms. The third kappa shape index (κ3) is 7.38. The quantitative estimate of drug-likeness (QED) is 0.266. The number of rotatable bonds is 12. The van der Waals surface area contributed by atoms with Gasteiger partial charge < -0.3 is 10.2 Å². The molecule has 206 valence electrons. The van der Waals surface area contributed by atoms with E-state index >= 15 is 0 Å². The predicted molar refractivity (Wildman–Crippen MR) is 144 cm³/mol. The summed E-state index contributed by atoms with van der Waals surface area (Å²) in [6.45, 7) is 3.01. The van der Waals surface area contributed by atoms with Crippen LogP contribution in [-0.4, -0.2) is 49.2 Å². The molecule has 0 saturated heterocycles. The number of nitro benzene ring substituents is 1. The first-order valence-electron chi connectivity index (χ1n) is 12.2. The zero-order valence-corrected chi connectivity index (χ0v) is 22.3. The van der Waals surface area contributed by atoms with E-state index in [0.29, 0.717) is 18.5 Å². The molecular weight excluding hydrogens is 527 g/mol. The second kappa shape index (κ2) is 13.0. The SMILES string of the molecule is CCCNC(=O)[C@@H](C)N(Cc1ccc(F)cc1)C(=O)CN(c1ccc([N+](=O)[O-])cc1)S(=O)(=O)c1ccccc1. The maximum Gasteiger partial charge on any atom is 0.269 e. The Balaban J connectivity index is 2.02. The number of amides is 2. The van der Waals surface area contributed by atoms with Gasteiger partial charge in [0.15, 0.2) is 0 Å². The van der Waals surface area contributed by atoms with E-state index in [2.05, 4.69) is 5.32 Å². The maximum atomic E-state index is 13.7. The van der Waals surface area contributed by atoms with Gasteiger partial charge in [0.05, 0.1) is 15.5 Å². The fourth-order valence-corrected chi connectivity index (χ4v) is 5.19. The van der Waals surface area contributed by atoms with Crippen molar-refractivity contribution in [2.45, 2.75) is 37.8 Å². The summed E-state index contributed by atoms with van der Waals surface area (Å²) in [7, 11) is -4.29. The van der Waals surface area contributed by atoms with Gasteiger partial charge in [-0.1, -0.05) is 37.3 Å². The lowest BCUT2D eigenvalue weighted by Gasteiger charge is -2.32. The molecule has 3 aromatic carbocycles. The summed E-state index contributed by atoms with van der Waals surface area (Å²) >= 11 is 0. The average molecular weight is 557 g/mol. The van der Waals surface area contributed by atoms with E-state index in [4.69, 9.17) is 0 Å². The Morgan fingerprint density at radius 2 is 1.62 bits per heavy atom. The summed E-state index contributed by atoms with van der Waals surface area (Å²) in [5.41, 5.74) is 0.316. The molecule has 2 amide bonds. The molecule has 0 unspecified atom stereocenters. The van der Waals surface area contributed by atoms with Gasteiger partial charge in [0, 0.05) is 25.2 Å². The molecule has 0 fully saturated rings. The minimum atomic E-state index is -4.29. The Labute approximate surface area is 226 Å². The van der Waals surface area contributed by atoms with E-state index < -0.39 is 45.2 Å². The van der Waals surface area contributed by atoms with Gasteiger partial charge in [-0.25, -0.2) is 12.8 Å². The Morgan fingerprint density at radius 3 is 2.18 bits per heavy atom. The van der Waals surface area contributed by atoms with Crippen LogP contribution in [0.25, 0.3) is 0 Å². The van der Waals surface area contributed by atoms with E-state index in [1.807, 2.05) is 6.92 Å². The molecule has 10 nitrogen and oxygen atoms in total. The summed E-state index contributed by atoms with van der Waals surface area (Å²) in [4.78, 5) is 38.2. The Kier molecular flexibility index (Phi) is 9.72. The number of sulfonamides is 1. The van der Waals surface area contributed by atoms with Crippen LogP contribution in [0.4, 0.5) is 15.8 Å². The van der Waals surface area contributed by atoms with Crippen molar-refractivity contribution >= 4 is 33.2 Å². The number of carbonyl (C=O) groups is 2. The standard InChI is InChI=1S/C27H29FN4O6S/c1-3-17-29-27(34)20(2)30(18-21-9-11-22(28)12-10-21)26(33)19-31(23-13-15-24(16-14-23)32(35)36)39(37,38)25-7-5-4-6-8-25/h4-16,20H,3,17-19H2,1-2H3,(H,29,34)/t20-/m1/s1. The van der Waals surface area contributed by atoms with Crippen LogP contribution in [0.5, 0.6) is 0 Å². The molecule has 0 aliphatic rings. The van der Waals surface area contributed by atoms with Crippen molar-refractivity contribution in [3.05, 3.63) is 100 Å². The number of nitrogens with zero attached hydrogens (tertiary/aromatic N) is 3. The normalized spacial score (nSPS) is 11.9. The van der Waals surface area contributed by atoms with Gasteiger partial charge in [-0.05, 0) is 55.3 Å². The van der Waals surface area contributed by atoms with Crippen molar-refractivity contribution in [3.63, 3.8) is 0 Å². The first kappa shape index (κ1) is 29.2. The Hall–Kier alpha value is -4.32. The second-order valence-electron chi connectivity index (χ2n) is 8.71. The van der Waals surface area contributed by atoms with E-state index in [0.717, 1.165) is 16.4 Å². The van der Waals surface area contributed by atoms with Crippen LogP contribution in [0.2, 0.25) is 0 Å². The molecule has 0 radical (unpaired) electrons. The number of anilines is 1. The summed E-state index contributed by atoms with van der Waals surface area (Å²) in [5, 5.41) is 13.9. The molecule has 1 atom stereocenters. The monoisotopic (exact) mass is 556 g/mol. The number of hydrogen-bond acceptors (Lipinski definition) is 6. The summed E-state index contributed by atoms with van der Waals surface area (Å²) in [6, 6.07) is 16.6. The molecule has 0 saturated carbocycles. The van der Waals surface area contributed by atoms with Crippen molar-refractivity contribution in [2.75, 3.05) is 17.4 Å². The Bertz CT molecular complexity index is 1400. The highest BCUT2D eigenvalue weighted by atomic mass is 32.2. The number of benzene rings is 3. The first-order chi connectivity index (χ1) is 18.5. The number of non-ortho nitro benzene ring substituents is 1. The molecule has 0 bridgehead atoms. The van der Waals surface area contributed by atoms with Crippen molar-refractivity contribution in [1.82, 2.24) is 10.2 Å². The third-order valence-electron chi connectivity index (χ3n) is 5.94. The minimum absolute atomic E-state index is 0.0302. The van der Waals surface area contributed by atoms with Gasteiger partial charge in [-0.3, -0.25) is 24.0 Å². The van der Waals surface area contributed by atoms with E-state index in [1.54, 1.807) is 6.07 Å². The van der Waals surface area contributed by atoms with Gasteiger partial charge >= 0.3 is 0 Å². The van der Waals surface area contributed by atoms with Crippen LogP contribution in [0.15, 0.2) is 83.8 Å². The highest BCUT2D eigenvalue weighted by Gasteiger charge is 2.32. The highest BCUT2D eigenvalue weighted by molar-refractivity contribution is 7.92. The number of hydrogen-bond donors (Lipinski definition) is 1. The van der Waals surface area contributed by atoms with Crippen molar-refractivity contribution in [2.24, 2.45) is 0 Å². The molecule has 0 aliphatic heterocycles. The summed E-state index contributed by atoms with van der Waals surface area (Å²) in [5.74, 6) is -1.60. The fraction of sp³-hybridized carbons (Fsp3) is 0.259. The lowest BCUT2D eigenvalue weighted by Crippen LogP contribution is -2.51. The molecule has 0 aromatic heterocycles. The van der Waals surface area contributed by atoms with Gasteiger partial charge in [-0.15, -0.1) is 0 Å². The molecule has 1 N–H and O–H groups in total. The largest absolute Gasteiger partial charge is 0.354 e. The maximum absolute atomic E-state index is 13.7. The highest BCUT2D eigenvalue weighted by Crippen LogP contribution is 2.26. The van der Waals surface area contributed by atoms with Crippen LogP contribution >= 0.6 is 0 Å². The number of carbonyl (C=O) groups excluding carboxylic acids is 2. The van der Waals surface area contributed by atoms with Crippen molar-refractivity contribution < 1.29 is 27.3 Å². The van der Waals surface area contributed by atoms with Gasteiger partial charge in [0.2, 0.25) is 11.8 Å². The van der Waals surface area contributed by atoms with Crippen LogP contribution in [-0.2, 0) is 26.2 Å². The molecule has 3 aromatic rings. The second-order valence-corrected chi connectivity index (χ2v) is 10.6. The number of nitrogens with one attached hydrogen (secondary N) is 1. The first-order valence-corrected chi connectivity index (χ1v) is 13.6. The number of halogens is 1.